The average Bonchev–Trinajstić information content (AvgIpc) is 3.27. The van der Waals surface area contributed by atoms with Crippen molar-refractivity contribution in [2.24, 2.45) is 0 Å². The second kappa shape index (κ2) is 11.5. The van der Waals surface area contributed by atoms with Gasteiger partial charge in [0.2, 0.25) is 0 Å². The van der Waals surface area contributed by atoms with Gasteiger partial charge in [0, 0.05) is 42.3 Å². The number of amides is 1. The highest BCUT2D eigenvalue weighted by Gasteiger charge is 2.23. The lowest BCUT2D eigenvalue weighted by molar-refractivity contribution is 0.0926. The largest absolute Gasteiger partial charge is 0.367 e. The number of benzene rings is 1. The van der Waals surface area contributed by atoms with Crippen LogP contribution in [0.2, 0.25) is 5.02 Å². The normalized spacial score (nSPS) is 17.6. The molecule has 2 N–H and O–H groups in total. The molecule has 32 heavy (non-hydrogen) atoms. The zero-order valence-corrected chi connectivity index (χ0v) is 19.8. The van der Waals surface area contributed by atoms with Crippen molar-refractivity contribution in [3.05, 3.63) is 71.2 Å². The van der Waals surface area contributed by atoms with Crippen molar-refractivity contribution in [2.75, 3.05) is 5.32 Å². The molecular formula is C22H25Cl3FN5O. The van der Waals surface area contributed by atoms with Crippen LogP contribution < -0.4 is 10.6 Å². The molecule has 0 spiro atoms. The summed E-state index contributed by atoms with van der Waals surface area (Å²) in [6.07, 6.45) is 10.9. The van der Waals surface area contributed by atoms with Crippen molar-refractivity contribution in [3.63, 3.8) is 0 Å². The van der Waals surface area contributed by atoms with E-state index in [2.05, 4.69) is 20.6 Å². The molecule has 1 aromatic carbocycles. The van der Waals surface area contributed by atoms with Crippen LogP contribution in [0.3, 0.4) is 0 Å². The van der Waals surface area contributed by atoms with E-state index in [1.807, 2.05) is 30.0 Å². The van der Waals surface area contributed by atoms with Gasteiger partial charge >= 0.3 is 0 Å². The molecule has 10 heteroatoms. The number of aryl methyl sites for hydroxylation is 1. The van der Waals surface area contributed by atoms with Crippen LogP contribution in [0.15, 0.2) is 49.2 Å². The van der Waals surface area contributed by atoms with Gasteiger partial charge in [0.15, 0.2) is 0 Å². The third-order valence-electron chi connectivity index (χ3n) is 5.45. The number of carbonyl (C=O) groups excluding carboxylic acids is 1. The minimum absolute atomic E-state index is 0. The molecular weight excluding hydrogens is 476 g/mol. The van der Waals surface area contributed by atoms with Crippen LogP contribution in [0.4, 0.5) is 10.2 Å². The lowest BCUT2D eigenvalue weighted by Gasteiger charge is -2.30. The summed E-state index contributed by atoms with van der Waals surface area (Å²) in [7, 11) is 0. The number of nitrogens with one attached hydrogen (secondary N) is 2. The van der Waals surface area contributed by atoms with E-state index < -0.39 is 5.82 Å². The highest BCUT2D eigenvalue weighted by Crippen LogP contribution is 2.24. The van der Waals surface area contributed by atoms with E-state index in [1.54, 1.807) is 12.5 Å². The lowest BCUT2D eigenvalue weighted by Crippen LogP contribution is -2.40. The van der Waals surface area contributed by atoms with Gasteiger partial charge in [0.25, 0.3) is 5.91 Å². The molecule has 0 radical (unpaired) electrons. The van der Waals surface area contributed by atoms with Gasteiger partial charge in [-0.25, -0.2) is 14.4 Å². The van der Waals surface area contributed by atoms with Gasteiger partial charge in [-0.2, -0.15) is 0 Å². The molecule has 4 rings (SSSR count). The molecule has 0 saturated heterocycles. The summed E-state index contributed by atoms with van der Waals surface area (Å²) in [4.78, 5) is 21.0. The number of carbonyl (C=O) groups is 1. The van der Waals surface area contributed by atoms with Gasteiger partial charge in [-0.1, -0.05) is 11.6 Å². The Morgan fingerprint density at radius 2 is 1.88 bits per heavy atom. The molecule has 0 atom stereocenters. The van der Waals surface area contributed by atoms with E-state index in [-0.39, 0.29) is 41.8 Å². The van der Waals surface area contributed by atoms with Gasteiger partial charge in [-0.05, 0) is 56.4 Å². The Morgan fingerprint density at radius 3 is 2.53 bits per heavy atom. The van der Waals surface area contributed by atoms with E-state index in [1.165, 1.54) is 18.2 Å². The van der Waals surface area contributed by atoms with Crippen LogP contribution in [-0.4, -0.2) is 32.5 Å². The van der Waals surface area contributed by atoms with Gasteiger partial charge in [-0.3, -0.25) is 4.79 Å². The topological polar surface area (TPSA) is 71.8 Å². The van der Waals surface area contributed by atoms with Crippen molar-refractivity contribution >= 4 is 48.1 Å². The first-order chi connectivity index (χ1) is 14.5. The number of anilines is 1. The molecule has 1 aliphatic rings. The number of imidazole rings is 1. The van der Waals surface area contributed by atoms with Crippen molar-refractivity contribution in [2.45, 2.75) is 44.7 Å². The second-order valence-electron chi connectivity index (χ2n) is 7.62. The number of aromatic nitrogens is 3. The minimum Gasteiger partial charge on any atom is -0.367 e. The SMILES string of the molecule is Cc1cnc(NC2CCC(NC(=O)c3ccc(F)c(Cl)c3)CC2)cc1-n1ccnc1.Cl.Cl. The van der Waals surface area contributed by atoms with E-state index in [0.717, 1.165) is 42.8 Å². The molecule has 0 unspecified atom stereocenters. The Labute approximate surface area is 203 Å². The van der Waals surface area contributed by atoms with Crippen molar-refractivity contribution in [1.82, 2.24) is 19.9 Å². The molecule has 172 valence electrons. The number of hydrogen-bond acceptors (Lipinski definition) is 4. The monoisotopic (exact) mass is 499 g/mol. The number of pyridine rings is 1. The fourth-order valence-corrected chi connectivity index (χ4v) is 3.95. The van der Waals surface area contributed by atoms with Crippen molar-refractivity contribution in [3.8, 4) is 5.69 Å². The minimum atomic E-state index is -0.527. The summed E-state index contributed by atoms with van der Waals surface area (Å²) >= 11 is 5.78. The van der Waals surface area contributed by atoms with Crippen LogP contribution in [-0.2, 0) is 0 Å². The fourth-order valence-electron chi connectivity index (χ4n) is 3.77. The predicted molar refractivity (Wildman–Crippen MR) is 129 cm³/mol. The molecule has 3 aromatic rings. The maximum absolute atomic E-state index is 13.3. The van der Waals surface area contributed by atoms with Crippen LogP contribution in [0.1, 0.15) is 41.6 Å². The number of nitrogens with zero attached hydrogens (tertiary/aromatic N) is 3. The molecule has 6 nitrogen and oxygen atoms in total. The predicted octanol–water partition coefficient (Wildman–Crippen LogP) is 5.36. The molecule has 1 fully saturated rings. The van der Waals surface area contributed by atoms with E-state index in [9.17, 15) is 9.18 Å². The highest BCUT2D eigenvalue weighted by molar-refractivity contribution is 6.31. The van der Waals surface area contributed by atoms with Gasteiger partial charge < -0.3 is 15.2 Å². The summed E-state index contributed by atoms with van der Waals surface area (Å²) in [5, 5.41) is 6.50. The van der Waals surface area contributed by atoms with Crippen molar-refractivity contribution in [1.29, 1.82) is 0 Å². The molecule has 1 saturated carbocycles. The summed E-state index contributed by atoms with van der Waals surface area (Å²) in [5.41, 5.74) is 2.49. The first-order valence-electron chi connectivity index (χ1n) is 9.97. The molecule has 2 aromatic heterocycles. The smallest absolute Gasteiger partial charge is 0.251 e. The van der Waals surface area contributed by atoms with Gasteiger partial charge in [0.05, 0.1) is 17.0 Å². The summed E-state index contributed by atoms with van der Waals surface area (Å²) in [5.74, 6) is 0.0805. The van der Waals surface area contributed by atoms with E-state index in [0.29, 0.717) is 11.6 Å². The summed E-state index contributed by atoms with van der Waals surface area (Å²) < 4.78 is 15.3. The Morgan fingerprint density at radius 1 is 1.16 bits per heavy atom. The highest BCUT2D eigenvalue weighted by atomic mass is 35.5. The second-order valence-corrected chi connectivity index (χ2v) is 8.03. The number of hydrogen-bond donors (Lipinski definition) is 2. The van der Waals surface area contributed by atoms with Crippen LogP contribution in [0.25, 0.3) is 5.69 Å². The third-order valence-corrected chi connectivity index (χ3v) is 5.74. The molecule has 2 heterocycles. The Bertz CT molecular complexity index is 1040. The van der Waals surface area contributed by atoms with E-state index >= 15 is 0 Å². The maximum Gasteiger partial charge on any atom is 0.251 e. The first kappa shape index (κ1) is 25.9. The maximum atomic E-state index is 13.3. The average molecular weight is 501 g/mol. The first-order valence-corrected chi connectivity index (χ1v) is 10.3. The van der Waals surface area contributed by atoms with Gasteiger partial charge in [0.1, 0.15) is 11.6 Å². The fraction of sp³-hybridized carbons (Fsp3) is 0.318. The zero-order valence-electron chi connectivity index (χ0n) is 17.4. The quantitative estimate of drug-likeness (QED) is 0.494. The summed E-state index contributed by atoms with van der Waals surface area (Å²) in [6.45, 7) is 2.02. The summed E-state index contributed by atoms with van der Waals surface area (Å²) in [6, 6.07) is 6.44. The standard InChI is InChI=1S/C22H23ClFN5O.2ClH/c1-14-12-26-21(11-20(14)29-9-8-25-13-29)27-16-3-5-17(6-4-16)28-22(30)15-2-7-19(24)18(23)10-15;;/h2,7-13,16-17H,3-6H2,1H3,(H,26,27)(H,28,30);2*1H. The van der Waals surface area contributed by atoms with Crippen molar-refractivity contribution < 1.29 is 9.18 Å². The third kappa shape index (κ3) is 6.12. The molecule has 0 aliphatic heterocycles. The molecule has 1 aliphatic carbocycles. The van der Waals surface area contributed by atoms with Crippen LogP contribution in [0, 0.1) is 12.7 Å². The molecule has 1 amide bonds. The number of rotatable bonds is 5. The lowest BCUT2D eigenvalue weighted by atomic mass is 9.91. The van der Waals surface area contributed by atoms with Crippen LogP contribution in [0.5, 0.6) is 0 Å². The Balaban J connectivity index is 0.00000181. The Kier molecular flexibility index (Phi) is 9.31. The Hall–Kier alpha value is -2.35. The van der Waals surface area contributed by atoms with E-state index in [4.69, 9.17) is 11.6 Å². The zero-order chi connectivity index (χ0) is 21.1. The van der Waals surface area contributed by atoms with Gasteiger partial charge in [-0.15, -0.1) is 24.8 Å². The number of halogens is 4. The molecule has 0 bridgehead atoms. The van der Waals surface area contributed by atoms with Crippen LogP contribution >= 0.6 is 36.4 Å².